The molecule has 0 aliphatic rings. The van der Waals surface area contributed by atoms with Gasteiger partial charge in [-0.3, -0.25) is 9.59 Å². The van der Waals surface area contributed by atoms with Gasteiger partial charge in [0.1, 0.15) is 11.5 Å². The van der Waals surface area contributed by atoms with E-state index in [4.69, 9.17) is 5.73 Å². The minimum atomic E-state index is -0.486. The lowest BCUT2D eigenvalue weighted by atomic mass is 10.1. The molecule has 0 spiro atoms. The summed E-state index contributed by atoms with van der Waals surface area (Å²) in [7, 11) is 0. The van der Waals surface area contributed by atoms with Gasteiger partial charge < -0.3 is 21.4 Å². The standard InChI is InChI=1S/C23H19FN4O2/c24-17-9-10-18(25)20(12-17)28-22(29)15-7-5-14(6-8-15)13-26-23(30)21-11-16-3-1-2-4-19(16)27-21/h1-12,27H,13,25H2,(H,26,30)(H,28,29). The van der Waals surface area contributed by atoms with Gasteiger partial charge in [0.2, 0.25) is 0 Å². The van der Waals surface area contributed by atoms with Crippen LogP contribution in [0.4, 0.5) is 15.8 Å². The fraction of sp³-hybridized carbons (Fsp3) is 0.0435. The Morgan fingerprint density at radius 1 is 0.933 bits per heavy atom. The number of carbonyl (C=O) groups is 2. The smallest absolute Gasteiger partial charge is 0.267 e. The van der Waals surface area contributed by atoms with Crippen LogP contribution < -0.4 is 16.4 Å². The van der Waals surface area contributed by atoms with Crippen LogP contribution in [0.2, 0.25) is 0 Å². The van der Waals surface area contributed by atoms with E-state index in [2.05, 4.69) is 15.6 Å². The number of aromatic nitrogens is 1. The monoisotopic (exact) mass is 402 g/mol. The number of aromatic amines is 1. The number of hydrogen-bond acceptors (Lipinski definition) is 3. The quantitative estimate of drug-likeness (QED) is 0.379. The van der Waals surface area contributed by atoms with Crippen molar-refractivity contribution in [2.75, 3.05) is 11.1 Å². The molecule has 150 valence electrons. The number of rotatable bonds is 5. The fourth-order valence-corrected chi connectivity index (χ4v) is 3.08. The first-order chi connectivity index (χ1) is 14.5. The van der Waals surface area contributed by atoms with Crippen LogP contribution in [-0.4, -0.2) is 16.8 Å². The van der Waals surface area contributed by atoms with Gasteiger partial charge in [-0.05, 0) is 48.0 Å². The number of para-hydroxylation sites is 1. The Kier molecular flexibility index (Phi) is 5.17. The zero-order chi connectivity index (χ0) is 21.1. The first kappa shape index (κ1) is 19.2. The zero-order valence-corrected chi connectivity index (χ0v) is 15.9. The van der Waals surface area contributed by atoms with E-state index in [1.807, 2.05) is 24.3 Å². The Morgan fingerprint density at radius 3 is 2.47 bits per heavy atom. The van der Waals surface area contributed by atoms with Crippen molar-refractivity contribution >= 4 is 34.1 Å². The predicted octanol–water partition coefficient (Wildman–Crippen LogP) is 4.07. The van der Waals surface area contributed by atoms with E-state index in [-0.39, 0.29) is 17.3 Å². The number of nitrogen functional groups attached to an aromatic ring is 1. The third-order valence-electron chi connectivity index (χ3n) is 4.71. The molecular formula is C23H19FN4O2. The molecule has 1 heterocycles. The normalized spacial score (nSPS) is 10.7. The lowest BCUT2D eigenvalue weighted by Crippen LogP contribution is -2.23. The van der Waals surface area contributed by atoms with Crippen LogP contribution in [-0.2, 0) is 6.54 Å². The largest absolute Gasteiger partial charge is 0.397 e. The molecule has 7 heteroatoms. The second-order valence-electron chi connectivity index (χ2n) is 6.84. The first-order valence-corrected chi connectivity index (χ1v) is 9.31. The maximum Gasteiger partial charge on any atom is 0.267 e. The number of benzene rings is 3. The Labute approximate surface area is 171 Å². The molecule has 1 aromatic heterocycles. The Hall–Kier alpha value is -4.13. The van der Waals surface area contributed by atoms with Crippen molar-refractivity contribution in [3.05, 3.63) is 95.4 Å². The fourth-order valence-electron chi connectivity index (χ4n) is 3.08. The van der Waals surface area contributed by atoms with E-state index < -0.39 is 11.7 Å². The molecule has 0 saturated heterocycles. The number of hydrogen-bond donors (Lipinski definition) is 4. The molecule has 0 fully saturated rings. The van der Waals surface area contributed by atoms with Crippen LogP contribution in [0.25, 0.3) is 10.9 Å². The van der Waals surface area contributed by atoms with Gasteiger partial charge in [0.05, 0.1) is 11.4 Å². The van der Waals surface area contributed by atoms with Gasteiger partial charge in [-0.2, -0.15) is 0 Å². The van der Waals surface area contributed by atoms with Crippen LogP contribution in [0.1, 0.15) is 26.4 Å². The third kappa shape index (κ3) is 4.15. The highest BCUT2D eigenvalue weighted by atomic mass is 19.1. The molecule has 3 aromatic carbocycles. The van der Waals surface area contributed by atoms with E-state index >= 15 is 0 Å². The lowest BCUT2D eigenvalue weighted by molar-refractivity contribution is 0.0945. The molecule has 0 atom stereocenters. The lowest BCUT2D eigenvalue weighted by Gasteiger charge is -2.09. The Morgan fingerprint density at radius 2 is 1.70 bits per heavy atom. The zero-order valence-electron chi connectivity index (χ0n) is 15.9. The Balaban J connectivity index is 1.37. The number of H-pyrrole nitrogens is 1. The van der Waals surface area contributed by atoms with Crippen molar-refractivity contribution in [1.29, 1.82) is 0 Å². The molecule has 0 saturated carbocycles. The molecule has 0 bridgehead atoms. The average Bonchev–Trinajstić information content (AvgIpc) is 3.19. The summed E-state index contributed by atoms with van der Waals surface area (Å²) in [6.45, 7) is 0.312. The number of fused-ring (bicyclic) bond motifs is 1. The number of nitrogens with two attached hydrogens (primary N) is 1. The third-order valence-corrected chi connectivity index (χ3v) is 4.71. The summed E-state index contributed by atoms with van der Waals surface area (Å²) in [5.41, 5.74) is 8.87. The van der Waals surface area contributed by atoms with Gasteiger partial charge >= 0.3 is 0 Å². The van der Waals surface area contributed by atoms with Gasteiger partial charge in [0.15, 0.2) is 0 Å². The number of nitrogens with one attached hydrogen (secondary N) is 3. The van der Waals surface area contributed by atoms with Crippen molar-refractivity contribution in [3.8, 4) is 0 Å². The molecule has 0 unspecified atom stereocenters. The minimum Gasteiger partial charge on any atom is -0.397 e. The number of amides is 2. The van der Waals surface area contributed by atoms with Crippen molar-refractivity contribution in [2.24, 2.45) is 0 Å². The van der Waals surface area contributed by atoms with Crippen LogP contribution >= 0.6 is 0 Å². The summed E-state index contributed by atoms with van der Waals surface area (Å²) < 4.78 is 13.3. The second-order valence-corrected chi connectivity index (χ2v) is 6.84. The van der Waals surface area contributed by atoms with Crippen LogP contribution in [0.15, 0.2) is 72.8 Å². The summed E-state index contributed by atoms with van der Waals surface area (Å²) in [5, 5.41) is 6.41. The van der Waals surface area contributed by atoms with Crippen molar-refractivity contribution in [3.63, 3.8) is 0 Å². The van der Waals surface area contributed by atoms with Crippen molar-refractivity contribution in [1.82, 2.24) is 10.3 Å². The molecule has 4 aromatic rings. The number of halogens is 1. The topological polar surface area (TPSA) is 100 Å². The highest BCUT2D eigenvalue weighted by Crippen LogP contribution is 2.20. The summed E-state index contributed by atoms with van der Waals surface area (Å²) in [4.78, 5) is 27.8. The molecule has 4 rings (SSSR count). The predicted molar refractivity (Wildman–Crippen MR) is 115 cm³/mol. The molecule has 0 aliphatic heterocycles. The molecule has 0 radical (unpaired) electrons. The first-order valence-electron chi connectivity index (χ1n) is 9.31. The van der Waals surface area contributed by atoms with E-state index in [1.165, 1.54) is 18.2 Å². The molecule has 0 aliphatic carbocycles. The van der Waals surface area contributed by atoms with Gasteiger partial charge in [-0.15, -0.1) is 0 Å². The van der Waals surface area contributed by atoms with E-state index in [0.29, 0.717) is 17.8 Å². The molecule has 30 heavy (non-hydrogen) atoms. The van der Waals surface area contributed by atoms with Gasteiger partial charge in [0.25, 0.3) is 11.8 Å². The van der Waals surface area contributed by atoms with Crippen LogP contribution in [0.5, 0.6) is 0 Å². The molecular weight excluding hydrogens is 383 g/mol. The molecule has 6 nitrogen and oxygen atoms in total. The highest BCUT2D eigenvalue weighted by molar-refractivity contribution is 6.05. The summed E-state index contributed by atoms with van der Waals surface area (Å²) in [5.74, 6) is -1.10. The highest BCUT2D eigenvalue weighted by Gasteiger charge is 2.11. The number of anilines is 2. The van der Waals surface area contributed by atoms with Gasteiger partial charge in [0, 0.05) is 23.0 Å². The Bertz CT molecular complexity index is 1200. The SMILES string of the molecule is Nc1ccc(F)cc1NC(=O)c1ccc(CNC(=O)c2cc3ccccc3[nH]2)cc1. The van der Waals surface area contributed by atoms with E-state index in [9.17, 15) is 14.0 Å². The van der Waals surface area contributed by atoms with E-state index in [0.717, 1.165) is 16.5 Å². The van der Waals surface area contributed by atoms with Gasteiger partial charge in [-0.25, -0.2) is 4.39 Å². The summed E-state index contributed by atoms with van der Waals surface area (Å²) >= 11 is 0. The number of carbonyl (C=O) groups excluding carboxylic acids is 2. The van der Waals surface area contributed by atoms with Gasteiger partial charge in [-0.1, -0.05) is 30.3 Å². The summed E-state index contributed by atoms with van der Waals surface area (Å²) in [6.07, 6.45) is 0. The van der Waals surface area contributed by atoms with Crippen molar-refractivity contribution < 1.29 is 14.0 Å². The maximum atomic E-state index is 13.3. The van der Waals surface area contributed by atoms with Crippen molar-refractivity contribution in [2.45, 2.75) is 6.54 Å². The second kappa shape index (κ2) is 8.08. The maximum absolute atomic E-state index is 13.3. The minimum absolute atomic E-state index is 0.213. The average molecular weight is 402 g/mol. The molecule has 5 N–H and O–H groups in total. The van der Waals surface area contributed by atoms with E-state index in [1.54, 1.807) is 30.3 Å². The van der Waals surface area contributed by atoms with Crippen LogP contribution in [0.3, 0.4) is 0 Å². The van der Waals surface area contributed by atoms with Crippen LogP contribution in [0, 0.1) is 5.82 Å². The molecule has 2 amide bonds. The summed E-state index contributed by atoms with van der Waals surface area (Å²) in [6, 6.07) is 20.0.